The molecule has 0 aliphatic rings. The summed E-state index contributed by atoms with van der Waals surface area (Å²) in [5.41, 5.74) is 3.92. The number of hydrazone groups is 1. The van der Waals surface area contributed by atoms with Crippen LogP contribution in [0.15, 0.2) is 58.1 Å². The van der Waals surface area contributed by atoms with Crippen molar-refractivity contribution >= 4 is 28.1 Å². The fourth-order valence-corrected chi connectivity index (χ4v) is 2.10. The maximum absolute atomic E-state index is 11.9. The van der Waals surface area contributed by atoms with E-state index < -0.39 is 0 Å². The van der Waals surface area contributed by atoms with Crippen LogP contribution in [0.25, 0.3) is 0 Å². The van der Waals surface area contributed by atoms with Crippen molar-refractivity contribution in [2.75, 3.05) is 6.61 Å². The molecule has 0 fully saturated rings. The fourth-order valence-electron chi connectivity index (χ4n) is 1.69. The zero-order valence-corrected chi connectivity index (χ0v) is 13.1. The van der Waals surface area contributed by atoms with Crippen LogP contribution in [0.3, 0.4) is 0 Å². The second kappa shape index (κ2) is 7.59. The van der Waals surface area contributed by atoms with Gasteiger partial charge in [-0.1, -0.05) is 28.1 Å². The zero-order valence-electron chi connectivity index (χ0n) is 11.5. The largest absolute Gasteiger partial charge is 0.494 e. The highest BCUT2D eigenvalue weighted by atomic mass is 79.9. The van der Waals surface area contributed by atoms with Crippen LogP contribution in [-0.4, -0.2) is 18.7 Å². The Morgan fingerprint density at radius 3 is 2.71 bits per heavy atom. The Bertz CT molecular complexity index is 639. The number of hydrogen-bond acceptors (Lipinski definition) is 3. The lowest BCUT2D eigenvalue weighted by molar-refractivity contribution is 0.0955. The van der Waals surface area contributed by atoms with Gasteiger partial charge in [0.15, 0.2) is 0 Å². The van der Waals surface area contributed by atoms with E-state index in [1.54, 1.807) is 30.5 Å². The van der Waals surface area contributed by atoms with Gasteiger partial charge in [-0.2, -0.15) is 5.10 Å². The minimum absolute atomic E-state index is 0.260. The fraction of sp³-hybridized carbons (Fsp3) is 0.125. The number of benzene rings is 2. The van der Waals surface area contributed by atoms with Crippen molar-refractivity contribution in [2.24, 2.45) is 5.10 Å². The Morgan fingerprint density at radius 2 is 2.05 bits per heavy atom. The average Bonchev–Trinajstić information content (AvgIpc) is 2.48. The van der Waals surface area contributed by atoms with Crippen LogP contribution >= 0.6 is 15.9 Å². The van der Waals surface area contributed by atoms with E-state index in [4.69, 9.17) is 4.74 Å². The highest BCUT2D eigenvalue weighted by molar-refractivity contribution is 9.10. The summed E-state index contributed by atoms with van der Waals surface area (Å²) in [7, 11) is 0. The molecule has 1 N–H and O–H groups in total. The normalized spacial score (nSPS) is 10.6. The zero-order chi connectivity index (χ0) is 15.1. The van der Waals surface area contributed by atoms with Crippen molar-refractivity contribution in [2.45, 2.75) is 6.92 Å². The van der Waals surface area contributed by atoms with Gasteiger partial charge in [0.05, 0.1) is 12.8 Å². The molecule has 108 valence electrons. The molecular formula is C16H15BrN2O2. The Morgan fingerprint density at radius 1 is 1.29 bits per heavy atom. The number of nitrogens with one attached hydrogen (secondary N) is 1. The maximum Gasteiger partial charge on any atom is 0.271 e. The molecule has 0 unspecified atom stereocenters. The van der Waals surface area contributed by atoms with E-state index in [0.29, 0.717) is 12.2 Å². The predicted octanol–water partition coefficient (Wildman–Crippen LogP) is 3.61. The molecule has 0 aliphatic heterocycles. The minimum Gasteiger partial charge on any atom is -0.494 e. The van der Waals surface area contributed by atoms with Crippen LogP contribution < -0.4 is 10.2 Å². The van der Waals surface area contributed by atoms with Gasteiger partial charge < -0.3 is 4.74 Å². The summed E-state index contributed by atoms with van der Waals surface area (Å²) in [5.74, 6) is 0.482. The van der Waals surface area contributed by atoms with Crippen LogP contribution in [0.4, 0.5) is 0 Å². The number of nitrogens with zero attached hydrogens (tertiary/aromatic N) is 1. The number of hydrogen-bond donors (Lipinski definition) is 1. The first-order chi connectivity index (χ1) is 10.2. The Labute approximate surface area is 132 Å². The van der Waals surface area contributed by atoms with Gasteiger partial charge in [-0.25, -0.2) is 5.43 Å². The molecule has 0 saturated heterocycles. The first kappa shape index (κ1) is 15.3. The topological polar surface area (TPSA) is 50.7 Å². The minimum atomic E-state index is -0.260. The smallest absolute Gasteiger partial charge is 0.271 e. The van der Waals surface area contributed by atoms with Gasteiger partial charge in [-0.05, 0) is 48.9 Å². The van der Waals surface area contributed by atoms with Gasteiger partial charge >= 0.3 is 0 Å². The first-order valence-corrected chi connectivity index (χ1v) is 7.30. The third kappa shape index (κ3) is 4.72. The predicted molar refractivity (Wildman–Crippen MR) is 86.8 cm³/mol. The lowest BCUT2D eigenvalue weighted by Gasteiger charge is -2.04. The Hall–Kier alpha value is -2.14. The number of ether oxygens (including phenoxy) is 1. The van der Waals surface area contributed by atoms with Gasteiger partial charge in [0.25, 0.3) is 5.91 Å². The molecule has 0 saturated carbocycles. The van der Waals surface area contributed by atoms with Crippen molar-refractivity contribution < 1.29 is 9.53 Å². The van der Waals surface area contributed by atoms with Gasteiger partial charge in [-0.3, -0.25) is 4.79 Å². The summed E-state index contributed by atoms with van der Waals surface area (Å²) in [6, 6.07) is 14.6. The van der Waals surface area contributed by atoms with Crippen molar-refractivity contribution in [3.8, 4) is 5.75 Å². The van der Waals surface area contributed by atoms with E-state index in [1.165, 1.54) is 0 Å². The molecule has 21 heavy (non-hydrogen) atoms. The van der Waals surface area contributed by atoms with Crippen LogP contribution in [0.2, 0.25) is 0 Å². The van der Waals surface area contributed by atoms with E-state index >= 15 is 0 Å². The highest BCUT2D eigenvalue weighted by Crippen LogP contribution is 2.12. The lowest BCUT2D eigenvalue weighted by atomic mass is 10.2. The van der Waals surface area contributed by atoms with Crippen LogP contribution in [-0.2, 0) is 0 Å². The molecule has 0 bridgehead atoms. The molecule has 0 atom stereocenters. The molecule has 2 aromatic rings. The average molecular weight is 347 g/mol. The summed E-state index contributed by atoms with van der Waals surface area (Å²) in [6.45, 7) is 2.51. The molecule has 0 aliphatic carbocycles. The lowest BCUT2D eigenvalue weighted by Crippen LogP contribution is -2.17. The summed E-state index contributed by atoms with van der Waals surface area (Å²) in [5, 5.41) is 3.94. The molecule has 2 aromatic carbocycles. The van der Waals surface area contributed by atoms with Crippen molar-refractivity contribution in [3.63, 3.8) is 0 Å². The number of carbonyl (C=O) groups excluding carboxylic acids is 1. The second-order valence-corrected chi connectivity index (χ2v) is 5.13. The monoisotopic (exact) mass is 346 g/mol. The molecule has 2 rings (SSSR count). The van der Waals surface area contributed by atoms with Crippen molar-refractivity contribution in [3.05, 3.63) is 64.1 Å². The van der Waals surface area contributed by atoms with E-state index in [9.17, 15) is 4.79 Å². The molecule has 0 spiro atoms. The molecule has 5 heteroatoms. The standard InChI is InChI=1S/C16H15BrN2O2/c1-2-21-15-8-6-13(7-9-15)16(20)19-18-11-12-4-3-5-14(17)10-12/h3-11H,2H2,1H3,(H,19,20)/b18-11+. The summed E-state index contributed by atoms with van der Waals surface area (Å²) in [6.07, 6.45) is 1.59. The van der Waals surface area contributed by atoms with Gasteiger partial charge in [0.1, 0.15) is 5.75 Å². The Balaban J connectivity index is 1.95. The molecule has 0 aromatic heterocycles. The SMILES string of the molecule is CCOc1ccc(C(=O)N/N=C/c2cccc(Br)c2)cc1. The quantitative estimate of drug-likeness (QED) is 0.664. The first-order valence-electron chi connectivity index (χ1n) is 6.51. The maximum atomic E-state index is 11.9. The van der Waals surface area contributed by atoms with E-state index in [-0.39, 0.29) is 5.91 Å². The summed E-state index contributed by atoms with van der Waals surface area (Å²) < 4.78 is 6.29. The third-order valence-corrected chi connectivity index (χ3v) is 3.15. The van der Waals surface area contributed by atoms with Crippen LogP contribution in [0, 0.1) is 0 Å². The number of carbonyl (C=O) groups is 1. The van der Waals surface area contributed by atoms with Crippen LogP contribution in [0.1, 0.15) is 22.8 Å². The van der Waals surface area contributed by atoms with Gasteiger partial charge in [0, 0.05) is 10.0 Å². The Kier molecular flexibility index (Phi) is 5.51. The van der Waals surface area contributed by atoms with Crippen molar-refractivity contribution in [1.29, 1.82) is 0 Å². The summed E-state index contributed by atoms with van der Waals surface area (Å²) in [4.78, 5) is 11.9. The van der Waals surface area contributed by atoms with Crippen LogP contribution in [0.5, 0.6) is 5.75 Å². The van der Waals surface area contributed by atoms with Gasteiger partial charge in [-0.15, -0.1) is 0 Å². The molecular weight excluding hydrogens is 332 g/mol. The molecule has 0 heterocycles. The second-order valence-electron chi connectivity index (χ2n) is 4.21. The summed E-state index contributed by atoms with van der Waals surface area (Å²) >= 11 is 3.38. The third-order valence-electron chi connectivity index (χ3n) is 2.66. The van der Waals surface area contributed by atoms with E-state index in [1.807, 2.05) is 31.2 Å². The van der Waals surface area contributed by atoms with E-state index in [0.717, 1.165) is 15.8 Å². The highest BCUT2D eigenvalue weighted by Gasteiger charge is 2.03. The number of amides is 1. The number of rotatable bonds is 5. The molecule has 0 radical (unpaired) electrons. The number of halogens is 1. The van der Waals surface area contributed by atoms with Crippen molar-refractivity contribution in [1.82, 2.24) is 5.43 Å². The van der Waals surface area contributed by atoms with Gasteiger partial charge in [0.2, 0.25) is 0 Å². The molecule has 4 nitrogen and oxygen atoms in total. The van der Waals surface area contributed by atoms with E-state index in [2.05, 4.69) is 26.5 Å². The molecule has 1 amide bonds.